The van der Waals surface area contributed by atoms with E-state index in [4.69, 9.17) is 28.9 Å². The SMILES string of the molecule is C[C@H]1NC(=O)[C@]2(C)CC[C@@H](c3ccc(C(=O)N4CCC(C(N)=O)CC4)cc3Cl)[C@H](c3ccc(Cl)cc3)[C@H]12. The molecular formula is C29H33Cl2N3O3. The molecule has 1 aliphatic carbocycles. The molecule has 2 aliphatic heterocycles. The third-order valence-corrected chi connectivity index (χ3v) is 9.61. The summed E-state index contributed by atoms with van der Waals surface area (Å²) < 4.78 is 0. The van der Waals surface area contributed by atoms with Crippen molar-refractivity contribution in [2.24, 2.45) is 23.0 Å². The molecular weight excluding hydrogens is 509 g/mol. The first kappa shape index (κ1) is 26.1. The van der Waals surface area contributed by atoms with Gasteiger partial charge in [-0.15, -0.1) is 0 Å². The Morgan fingerprint density at radius 2 is 1.73 bits per heavy atom. The van der Waals surface area contributed by atoms with Gasteiger partial charge in [0.15, 0.2) is 0 Å². The number of benzene rings is 2. The van der Waals surface area contributed by atoms with Gasteiger partial charge in [-0.05, 0) is 79.8 Å². The summed E-state index contributed by atoms with van der Waals surface area (Å²) >= 11 is 13.1. The Morgan fingerprint density at radius 3 is 2.35 bits per heavy atom. The van der Waals surface area contributed by atoms with Gasteiger partial charge in [0.2, 0.25) is 11.8 Å². The van der Waals surface area contributed by atoms with E-state index in [-0.39, 0.29) is 47.4 Å². The molecule has 0 spiro atoms. The molecule has 37 heavy (non-hydrogen) atoms. The Bertz CT molecular complexity index is 1230. The van der Waals surface area contributed by atoms with E-state index in [0.717, 1.165) is 24.0 Å². The van der Waals surface area contributed by atoms with E-state index in [0.29, 0.717) is 41.5 Å². The van der Waals surface area contributed by atoms with Crippen LogP contribution in [0.4, 0.5) is 0 Å². The number of halogens is 2. The van der Waals surface area contributed by atoms with Crippen LogP contribution in [0.2, 0.25) is 10.0 Å². The van der Waals surface area contributed by atoms with Crippen LogP contribution in [-0.2, 0) is 9.59 Å². The predicted molar refractivity (Wildman–Crippen MR) is 145 cm³/mol. The number of primary amides is 1. The number of hydrogen-bond donors (Lipinski definition) is 2. The minimum absolute atomic E-state index is 0.0314. The zero-order valence-corrected chi connectivity index (χ0v) is 22.7. The van der Waals surface area contributed by atoms with Crippen LogP contribution in [0.3, 0.4) is 0 Å². The molecule has 3 aliphatic rings. The molecule has 0 bridgehead atoms. The molecule has 6 nitrogen and oxygen atoms in total. The van der Waals surface area contributed by atoms with Gasteiger partial charge < -0.3 is 16.0 Å². The maximum Gasteiger partial charge on any atom is 0.253 e. The van der Waals surface area contributed by atoms with E-state index in [1.54, 1.807) is 11.0 Å². The molecule has 0 unspecified atom stereocenters. The summed E-state index contributed by atoms with van der Waals surface area (Å²) in [6.07, 6.45) is 2.76. The van der Waals surface area contributed by atoms with Crippen LogP contribution in [0.1, 0.15) is 72.9 Å². The average molecular weight is 543 g/mol. The first-order chi connectivity index (χ1) is 17.6. The molecule has 0 radical (unpaired) electrons. The zero-order chi connectivity index (χ0) is 26.5. The molecule has 3 N–H and O–H groups in total. The number of likely N-dealkylation sites (tertiary alicyclic amines) is 1. The van der Waals surface area contributed by atoms with E-state index in [1.165, 1.54) is 0 Å². The number of piperidine rings is 1. The summed E-state index contributed by atoms with van der Waals surface area (Å²) in [7, 11) is 0. The Labute approximate surface area is 227 Å². The Balaban J connectivity index is 1.45. The molecule has 2 aromatic carbocycles. The number of hydrogen-bond acceptors (Lipinski definition) is 3. The number of nitrogens with zero attached hydrogens (tertiary/aromatic N) is 1. The van der Waals surface area contributed by atoms with Crippen molar-refractivity contribution in [1.82, 2.24) is 10.2 Å². The fraction of sp³-hybridized carbons (Fsp3) is 0.483. The third kappa shape index (κ3) is 4.63. The second-order valence-electron chi connectivity index (χ2n) is 11.1. The van der Waals surface area contributed by atoms with Crippen molar-refractivity contribution in [1.29, 1.82) is 0 Å². The van der Waals surface area contributed by atoms with Crippen molar-refractivity contribution in [3.63, 3.8) is 0 Å². The molecule has 2 heterocycles. The van der Waals surface area contributed by atoms with E-state index < -0.39 is 5.41 Å². The van der Waals surface area contributed by atoms with Gasteiger partial charge in [-0.1, -0.05) is 48.3 Å². The molecule has 5 atom stereocenters. The van der Waals surface area contributed by atoms with Crippen LogP contribution >= 0.6 is 23.2 Å². The molecule has 1 saturated carbocycles. The quantitative estimate of drug-likeness (QED) is 0.561. The highest BCUT2D eigenvalue weighted by Gasteiger charge is 2.57. The zero-order valence-electron chi connectivity index (χ0n) is 21.2. The lowest BCUT2D eigenvalue weighted by atomic mass is 9.56. The topological polar surface area (TPSA) is 92.5 Å². The summed E-state index contributed by atoms with van der Waals surface area (Å²) in [5.41, 5.74) is 7.67. The van der Waals surface area contributed by atoms with Crippen LogP contribution < -0.4 is 11.1 Å². The van der Waals surface area contributed by atoms with Crippen molar-refractivity contribution in [2.45, 2.75) is 57.4 Å². The second-order valence-corrected chi connectivity index (χ2v) is 12.0. The second kappa shape index (κ2) is 9.95. The Kier molecular flexibility index (Phi) is 7.01. The van der Waals surface area contributed by atoms with E-state index in [1.807, 2.05) is 24.3 Å². The van der Waals surface area contributed by atoms with Crippen LogP contribution in [-0.4, -0.2) is 41.8 Å². The number of nitrogens with two attached hydrogens (primary N) is 1. The van der Waals surface area contributed by atoms with Crippen LogP contribution in [0.15, 0.2) is 42.5 Å². The van der Waals surface area contributed by atoms with Crippen molar-refractivity contribution < 1.29 is 14.4 Å². The van der Waals surface area contributed by atoms with E-state index in [2.05, 4.69) is 31.3 Å². The molecule has 2 saturated heterocycles. The first-order valence-electron chi connectivity index (χ1n) is 13.0. The van der Waals surface area contributed by atoms with Gasteiger partial charge in [-0.3, -0.25) is 14.4 Å². The Hall–Kier alpha value is -2.57. The lowest BCUT2D eigenvalue weighted by Gasteiger charge is -2.46. The van der Waals surface area contributed by atoms with Crippen molar-refractivity contribution >= 4 is 40.9 Å². The van der Waals surface area contributed by atoms with Gasteiger partial charge in [-0.25, -0.2) is 0 Å². The van der Waals surface area contributed by atoms with E-state index in [9.17, 15) is 14.4 Å². The highest BCUT2D eigenvalue weighted by atomic mass is 35.5. The molecule has 2 aromatic rings. The van der Waals surface area contributed by atoms with Gasteiger partial charge in [0.05, 0.1) is 5.41 Å². The molecule has 5 rings (SSSR count). The Morgan fingerprint density at radius 1 is 1.05 bits per heavy atom. The molecule has 3 amide bonds. The van der Waals surface area contributed by atoms with Crippen molar-refractivity contribution in [3.8, 4) is 0 Å². The fourth-order valence-corrected chi connectivity index (χ4v) is 7.47. The lowest BCUT2D eigenvalue weighted by Crippen LogP contribution is -2.42. The van der Waals surface area contributed by atoms with Crippen LogP contribution in [0.25, 0.3) is 0 Å². The monoisotopic (exact) mass is 541 g/mol. The fourth-order valence-electron chi connectivity index (χ4n) is 7.02. The molecule has 8 heteroatoms. The maximum atomic E-state index is 13.2. The number of fused-ring (bicyclic) bond motifs is 1. The highest BCUT2D eigenvalue weighted by molar-refractivity contribution is 6.32. The van der Waals surface area contributed by atoms with Gasteiger partial charge >= 0.3 is 0 Å². The summed E-state index contributed by atoms with van der Waals surface area (Å²) in [6, 6.07) is 13.6. The van der Waals surface area contributed by atoms with Gasteiger partial charge in [0.1, 0.15) is 0 Å². The number of carbonyl (C=O) groups excluding carboxylic acids is 3. The number of nitrogens with one attached hydrogen (secondary N) is 1. The van der Waals surface area contributed by atoms with E-state index >= 15 is 0 Å². The predicted octanol–water partition coefficient (Wildman–Crippen LogP) is 5.13. The maximum absolute atomic E-state index is 13.2. The van der Waals surface area contributed by atoms with Gasteiger partial charge in [-0.2, -0.15) is 0 Å². The number of carbonyl (C=O) groups is 3. The largest absolute Gasteiger partial charge is 0.369 e. The normalized spacial score (nSPS) is 30.1. The van der Waals surface area contributed by atoms with Crippen LogP contribution in [0, 0.1) is 17.3 Å². The minimum Gasteiger partial charge on any atom is -0.369 e. The number of amides is 3. The van der Waals surface area contributed by atoms with Crippen LogP contribution in [0.5, 0.6) is 0 Å². The summed E-state index contributed by atoms with van der Waals surface area (Å²) in [6.45, 7) is 5.18. The standard InChI is InChI=1S/C29H33Cl2N3O3/c1-16-25-24(17-3-6-20(30)7-4-17)22(9-12-29(25,2)28(37)33-16)21-8-5-19(15-23(21)31)27(36)34-13-10-18(11-14-34)26(32)35/h3-8,15-16,18,22,24-25H,9-14H2,1-2H3,(H2,32,35)(H,33,37)/t16-,22+,24+,25+,29-/m1/s1. The minimum atomic E-state index is -0.445. The highest BCUT2D eigenvalue weighted by Crippen LogP contribution is 2.59. The summed E-state index contributed by atoms with van der Waals surface area (Å²) in [4.78, 5) is 39.4. The molecule has 196 valence electrons. The smallest absolute Gasteiger partial charge is 0.253 e. The lowest BCUT2D eigenvalue weighted by molar-refractivity contribution is -0.129. The number of rotatable bonds is 4. The molecule has 0 aromatic heterocycles. The first-order valence-corrected chi connectivity index (χ1v) is 13.8. The van der Waals surface area contributed by atoms with Crippen molar-refractivity contribution in [3.05, 3.63) is 69.2 Å². The third-order valence-electron chi connectivity index (χ3n) is 9.03. The summed E-state index contributed by atoms with van der Waals surface area (Å²) in [5, 5.41) is 4.43. The molecule has 3 fully saturated rings. The summed E-state index contributed by atoms with van der Waals surface area (Å²) in [5.74, 6) is -0.170. The van der Waals surface area contributed by atoms with Gasteiger partial charge in [0.25, 0.3) is 5.91 Å². The average Bonchev–Trinajstić information content (AvgIpc) is 3.11. The van der Waals surface area contributed by atoms with Gasteiger partial charge in [0, 0.05) is 46.6 Å². The van der Waals surface area contributed by atoms with Crippen molar-refractivity contribution in [2.75, 3.05) is 13.1 Å².